The van der Waals surface area contributed by atoms with Crippen molar-refractivity contribution in [3.63, 3.8) is 0 Å². The first-order valence-corrected chi connectivity index (χ1v) is 8.84. The van der Waals surface area contributed by atoms with Gasteiger partial charge >= 0.3 is 0 Å². The van der Waals surface area contributed by atoms with Gasteiger partial charge in [-0.1, -0.05) is 51.1 Å². The van der Waals surface area contributed by atoms with Gasteiger partial charge in [-0.25, -0.2) is 0 Å². The minimum Gasteiger partial charge on any atom is -0.359 e. The predicted molar refractivity (Wildman–Crippen MR) is 85.1 cm³/mol. The molecule has 3 rings (SSSR count). The van der Waals surface area contributed by atoms with Crippen molar-refractivity contribution in [2.45, 2.75) is 44.7 Å². The van der Waals surface area contributed by atoms with E-state index in [0.717, 1.165) is 11.3 Å². The summed E-state index contributed by atoms with van der Waals surface area (Å²) < 4.78 is 18.3. The summed E-state index contributed by atoms with van der Waals surface area (Å²) >= 11 is 1.88. The van der Waals surface area contributed by atoms with Gasteiger partial charge in [0.05, 0.1) is 12.7 Å². The Morgan fingerprint density at radius 2 is 1.86 bits per heavy atom. The third kappa shape index (κ3) is 3.14. The first kappa shape index (κ1) is 15.3. The van der Waals surface area contributed by atoms with Crippen LogP contribution in [0.4, 0.5) is 0 Å². The average molecular weight is 308 g/mol. The second kappa shape index (κ2) is 6.69. The van der Waals surface area contributed by atoms with Gasteiger partial charge < -0.3 is 14.2 Å². The maximum atomic E-state index is 6.23. The second-order valence-electron chi connectivity index (χ2n) is 5.89. The van der Waals surface area contributed by atoms with E-state index in [-0.39, 0.29) is 23.9 Å². The molecule has 1 aromatic carbocycles. The van der Waals surface area contributed by atoms with E-state index in [2.05, 4.69) is 32.9 Å². The Morgan fingerprint density at radius 1 is 1.10 bits per heavy atom. The first-order valence-electron chi connectivity index (χ1n) is 7.79. The molecule has 2 saturated heterocycles. The van der Waals surface area contributed by atoms with Crippen LogP contribution in [0.25, 0.3) is 0 Å². The summed E-state index contributed by atoms with van der Waals surface area (Å²) in [5, 5.41) is 0. The van der Waals surface area contributed by atoms with Gasteiger partial charge in [-0.2, -0.15) is 0 Å². The van der Waals surface area contributed by atoms with Crippen molar-refractivity contribution in [3.8, 4) is 0 Å². The molecule has 116 valence electrons. The maximum Gasteiger partial charge on any atom is 0.184 e. The summed E-state index contributed by atoms with van der Waals surface area (Å²) in [6.07, 6.45) is -0.0889. The van der Waals surface area contributed by atoms with Gasteiger partial charge in [0.1, 0.15) is 11.5 Å². The Morgan fingerprint density at radius 3 is 2.57 bits per heavy atom. The third-order valence-corrected chi connectivity index (χ3v) is 5.75. The van der Waals surface area contributed by atoms with E-state index >= 15 is 0 Å². The molecule has 21 heavy (non-hydrogen) atoms. The lowest BCUT2D eigenvalue weighted by Gasteiger charge is -2.48. The summed E-state index contributed by atoms with van der Waals surface area (Å²) in [6, 6.07) is 10.2. The molecule has 0 N–H and O–H groups in total. The lowest BCUT2D eigenvalue weighted by molar-refractivity contribution is -0.300. The number of hydrogen-bond donors (Lipinski definition) is 0. The van der Waals surface area contributed by atoms with Crippen LogP contribution in [0.15, 0.2) is 30.3 Å². The highest BCUT2D eigenvalue weighted by Crippen LogP contribution is 2.41. The van der Waals surface area contributed by atoms with Crippen molar-refractivity contribution in [1.29, 1.82) is 0 Å². The summed E-state index contributed by atoms with van der Waals surface area (Å²) in [5.74, 6) is 2.04. The van der Waals surface area contributed by atoms with Crippen molar-refractivity contribution in [3.05, 3.63) is 35.9 Å². The molecule has 6 atom stereocenters. The fraction of sp³-hybridized carbons (Fsp3) is 0.647. The minimum atomic E-state index is -0.263. The Kier molecular flexibility index (Phi) is 4.89. The van der Waals surface area contributed by atoms with Crippen LogP contribution in [0.3, 0.4) is 0 Å². The van der Waals surface area contributed by atoms with Crippen LogP contribution in [-0.4, -0.2) is 30.0 Å². The SMILES string of the molecule is CCS[C@@H]1OC2COC(c3ccccc3)O[C@H]2[C@H](C)C1C. The number of benzene rings is 1. The topological polar surface area (TPSA) is 27.7 Å². The molecule has 0 spiro atoms. The van der Waals surface area contributed by atoms with Crippen molar-refractivity contribution in [2.75, 3.05) is 12.4 Å². The molecule has 0 bridgehead atoms. The lowest BCUT2D eigenvalue weighted by atomic mass is 9.85. The summed E-state index contributed by atoms with van der Waals surface area (Å²) in [4.78, 5) is 0. The summed E-state index contributed by atoms with van der Waals surface area (Å²) in [6.45, 7) is 7.34. The van der Waals surface area contributed by atoms with Crippen LogP contribution >= 0.6 is 11.8 Å². The number of rotatable bonds is 3. The zero-order valence-electron chi connectivity index (χ0n) is 12.9. The van der Waals surface area contributed by atoms with E-state index in [9.17, 15) is 0 Å². The van der Waals surface area contributed by atoms with Gasteiger partial charge in [-0.15, -0.1) is 11.8 Å². The Balaban J connectivity index is 1.71. The molecule has 4 heteroatoms. The highest BCUT2D eigenvalue weighted by molar-refractivity contribution is 7.99. The monoisotopic (exact) mass is 308 g/mol. The van der Waals surface area contributed by atoms with E-state index in [1.807, 2.05) is 30.0 Å². The summed E-state index contributed by atoms with van der Waals surface area (Å²) in [7, 11) is 0. The van der Waals surface area contributed by atoms with Crippen molar-refractivity contribution in [2.24, 2.45) is 11.8 Å². The van der Waals surface area contributed by atoms with Gasteiger partial charge in [-0.05, 0) is 17.6 Å². The molecule has 2 aliphatic heterocycles. The van der Waals surface area contributed by atoms with Gasteiger partial charge in [-0.3, -0.25) is 0 Å². The molecule has 2 fully saturated rings. The van der Waals surface area contributed by atoms with E-state index in [1.165, 1.54) is 0 Å². The smallest absolute Gasteiger partial charge is 0.184 e. The molecule has 2 heterocycles. The number of hydrogen-bond acceptors (Lipinski definition) is 4. The molecule has 1 aromatic rings. The third-order valence-electron chi connectivity index (χ3n) is 4.55. The molecular weight excluding hydrogens is 284 g/mol. The van der Waals surface area contributed by atoms with E-state index < -0.39 is 0 Å². The van der Waals surface area contributed by atoms with Crippen molar-refractivity contribution < 1.29 is 14.2 Å². The predicted octanol–water partition coefficient (Wildman–Crippen LogP) is 3.85. The molecule has 2 aliphatic rings. The molecule has 0 aliphatic carbocycles. The fourth-order valence-electron chi connectivity index (χ4n) is 3.11. The normalized spacial score (nSPS) is 39.8. The Labute approximate surface area is 131 Å². The van der Waals surface area contributed by atoms with E-state index in [1.54, 1.807) is 0 Å². The highest BCUT2D eigenvalue weighted by atomic mass is 32.2. The average Bonchev–Trinajstić information content (AvgIpc) is 2.53. The standard InChI is InChI=1S/C17H24O3S/c1-4-21-17-12(3)11(2)15-14(19-17)10-18-16(20-15)13-8-6-5-7-9-13/h5-9,11-12,14-17H,4,10H2,1-3H3/t11-,12?,14?,15+,16?,17+/m1/s1. The van der Waals surface area contributed by atoms with Crippen LogP contribution in [-0.2, 0) is 14.2 Å². The zero-order chi connectivity index (χ0) is 14.8. The number of ether oxygens (including phenoxy) is 3. The summed E-state index contributed by atoms with van der Waals surface area (Å²) in [5.41, 5.74) is 1.34. The van der Waals surface area contributed by atoms with Crippen LogP contribution in [0.5, 0.6) is 0 Å². The van der Waals surface area contributed by atoms with Crippen LogP contribution < -0.4 is 0 Å². The molecule has 3 unspecified atom stereocenters. The van der Waals surface area contributed by atoms with Crippen LogP contribution in [0.1, 0.15) is 32.6 Å². The molecule has 0 saturated carbocycles. The van der Waals surface area contributed by atoms with E-state index in [4.69, 9.17) is 14.2 Å². The lowest BCUT2D eigenvalue weighted by Crippen LogP contribution is -2.54. The Bertz CT molecular complexity index is 451. The van der Waals surface area contributed by atoms with Gasteiger partial charge in [0.2, 0.25) is 0 Å². The maximum absolute atomic E-state index is 6.23. The quantitative estimate of drug-likeness (QED) is 0.847. The van der Waals surface area contributed by atoms with E-state index in [0.29, 0.717) is 18.4 Å². The van der Waals surface area contributed by atoms with Gasteiger partial charge in [0, 0.05) is 5.56 Å². The van der Waals surface area contributed by atoms with Gasteiger partial charge in [0.25, 0.3) is 0 Å². The zero-order valence-corrected chi connectivity index (χ0v) is 13.7. The molecule has 0 aromatic heterocycles. The Hall–Kier alpha value is -0.550. The largest absolute Gasteiger partial charge is 0.359 e. The van der Waals surface area contributed by atoms with Crippen LogP contribution in [0, 0.1) is 11.8 Å². The van der Waals surface area contributed by atoms with Crippen molar-refractivity contribution >= 4 is 11.8 Å². The minimum absolute atomic E-state index is 0.0558. The van der Waals surface area contributed by atoms with Gasteiger partial charge in [0.15, 0.2) is 6.29 Å². The fourth-order valence-corrected chi connectivity index (χ4v) is 4.21. The second-order valence-corrected chi connectivity index (χ2v) is 7.27. The van der Waals surface area contributed by atoms with Crippen molar-refractivity contribution in [1.82, 2.24) is 0 Å². The number of fused-ring (bicyclic) bond motifs is 1. The first-order chi connectivity index (χ1) is 10.2. The number of thioether (sulfide) groups is 1. The van der Waals surface area contributed by atoms with Crippen LogP contribution in [0.2, 0.25) is 0 Å². The molecular formula is C17H24O3S. The highest BCUT2D eigenvalue weighted by Gasteiger charge is 2.46. The molecule has 0 radical (unpaired) electrons. The molecule has 3 nitrogen and oxygen atoms in total. The molecule has 0 amide bonds.